The molecule has 0 bridgehead atoms. The molecule has 0 radical (unpaired) electrons. The number of carbonyl (C=O) groups is 2. The number of carbonyl (C=O) groups excluding carboxylic acids is 2. The van der Waals surface area contributed by atoms with E-state index in [0.717, 1.165) is 6.92 Å². The van der Waals surface area contributed by atoms with Crippen molar-refractivity contribution >= 4 is 39.9 Å². The van der Waals surface area contributed by atoms with Crippen LogP contribution in [-0.4, -0.2) is 17.8 Å². The van der Waals surface area contributed by atoms with Gasteiger partial charge in [-0.3, -0.25) is 9.59 Å². The van der Waals surface area contributed by atoms with Crippen LogP contribution in [0.25, 0.3) is 11.0 Å². The number of furan rings is 1. The SMILES string of the molecule is Cc1c(C(=O)c2ccc(Cl)cc2)oc2ccc(NC(=O)C(C)Oc3c(F)c(F)c(F)c(F)c3F)cc12. The van der Waals surface area contributed by atoms with Gasteiger partial charge in [0, 0.05) is 27.2 Å². The molecule has 186 valence electrons. The summed E-state index contributed by atoms with van der Waals surface area (Å²) in [5.74, 6) is -13.9. The zero-order valence-electron chi connectivity index (χ0n) is 18.5. The molecule has 0 aliphatic carbocycles. The van der Waals surface area contributed by atoms with Crippen LogP contribution in [0.3, 0.4) is 0 Å². The Morgan fingerprint density at radius 2 is 1.50 bits per heavy atom. The van der Waals surface area contributed by atoms with E-state index in [1.807, 2.05) is 0 Å². The molecule has 0 aliphatic rings. The van der Waals surface area contributed by atoms with Crippen LogP contribution < -0.4 is 10.1 Å². The zero-order valence-corrected chi connectivity index (χ0v) is 19.3. The predicted molar refractivity (Wildman–Crippen MR) is 121 cm³/mol. The van der Waals surface area contributed by atoms with E-state index in [9.17, 15) is 31.5 Å². The molecule has 3 aromatic carbocycles. The molecule has 11 heteroatoms. The van der Waals surface area contributed by atoms with Gasteiger partial charge in [0.15, 0.2) is 17.6 Å². The molecule has 0 aliphatic heterocycles. The van der Waals surface area contributed by atoms with Crippen LogP contribution >= 0.6 is 11.6 Å². The predicted octanol–water partition coefficient (Wildman–Crippen LogP) is 6.73. The summed E-state index contributed by atoms with van der Waals surface area (Å²) in [6, 6.07) is 10.7. The summed E-state index contributed by atoms with van der Waals surface area (Å²) in [5.41, 5.74) is 1.41. The number of halogens is 6. The quantitative estimate of drug-likeness (QED) is 0.132. The number of amides is 1. The fourth-order valence-corrected chi connectivity index (χ4v) is 3.54. The average molecular weight is 524 g/mol. The van der Waals surface area contributed by atoms with Gasteiger partial charge in [0.1, 0.15) is 5.58 Å². The first-order chi connectivity index (χ1) is 17.0. The molecule has 1 atom stereocenters. The van der Waals surface area contributed by atoms with Crippen molar-refractivity contribution in [3.05, 3.63) is 93.5 Å². The molecule has 1 unspecified atom stereocenters. The molecular formula is C25H15ClF5NO4. The highest BCUT2D eigenvalue weighted by Crippen LogP contribution is 2.31. The number of hydrogen-bond acceptors (Lipinski definition) is 4. The summed E-state index contributed by atoms with van der Waals surface area (Å²) in [6.45, 7) is 2.72. The van der Waals surface area contributed by atoms with Crippen molar-refractivity contribution < 1.29 is 40.7 Å². The summed E-state index contributed by atoms with van der Waals surface area (Å²) in [6.07, 6.45) is -1.64. The van der Waals surface area contributed by atoms with Gasteiger partial charge in [-0.25, -0.2) is 13.2 Å². The Morgan fingerprint density at radius 3 is 2.11 bits per heavy atom. The number of anilines is 1. The van der Waals surface area contributed by atoms with Gasteiger partial charge >= 0.3 is 0 Å². The van der Waals surface area contributed by atoms with Gasteiger partial charge in [-0.05, 0) is 56.3 Å². The molecule has 4 aromatic rings. The second kappa shape index (κ2) is 9.62. The van der Waals surface area contributed by atoms with E-state index < -0.39 is 46.8 Å². The van der Waals surface area contributed by atoms with Gasteiger partial charge in [0.2, 0.25) is 34.9 Å². The molecular weight excluding hydrogens is 509 g/mol. The lowest BCUT2D eigenvalue weighted by Gasteiger charge is -2.16. The maximum atomic E-state index is 13.9. The number of benzene rings is 3. The van der Waals surface area contributed by atoms with Crippen LogP contribution in [0.15, 0.2) is 46.9 Å². The Morgan fingerprint density at radius 1 is 0.917 bits per heavy atom. The van der Waals surface area contributed by atoms with Crippen LogP contribution in [0.4, 0.5) is 27.6 Å². The number of nitrogens with one attached hydrogen (secondary N) is 1. The van der Waals surface area contributed by atoms with Gasteiger partial charge in [0.05, 0.1) is 0 Å². The minimum Gasteiger partial charge on any atom is -0.474 e. The lowest BCUT2D eigenvalue weighted by Crippen LogP contribution is -2.31. The Bertz CT molecular complexity index is 1490. The third-order valence-corrected chi connectivity index (χ3v) is 5.60. The number of aryl methyl sites for hydroxylation is 1. The first kappa shape index (κ1) is 25.2. The summed E-state index contributed by atoms with van der Waals surface area (Å²) in [4.78, 5) is 25.3. The summed E-state index contributed by atoms with van der Waals surface area (Å²) in [7, 11) is 0. The lowest BCUT2D eigenvalue weighted by molar-refractivity contribution is -0.122. The van der Waals surface area contributed by atoms with E-state index in [4.69, 9.17) is 20.8 Å². The number of rotatable bonds is 6. The normalized spacial score (nSPS) is 12.0. The van der Waals surface area contributed by atoms with Gasteiger partial charge < -0.3 is 14.5 Å². The highest BCUT2D eigenvalue weighted by atomic mass is 35.5. The maximum absolute atomic E-state index is 13.9. The second-order valence-corrected chi connectivity index (χ2v) is 8.19. The van der Waals surface area contributed by atoms with E-state index in [-0.39, 0.29) is 17.2 Å². The number of hydrogen-bond donors (Lipinski definition) is 1. The Kier molecular flexibility index (Phi) is 6.73. The third-order valence-electron chi connectivity index (χ3n) is 5.35. The summed E-state index contributed by atoms with van der Waals surface area (Å²) >= 11 is 5.86. The largest absolute Gasteiger partial charge is 0.474 e. The molecule has 1 amide bonds. The fourth-order valence-electron chi connectivity index (χ4n) is 3.41. The number of fused-ring (bicyclic) bond motifs is 1. The molecule has 0 spiro atoms. The molecule has 4 rings (SSSR count). The van der Waals surface area contributed by atoms with Crippen LogP contribution in [0.1, 0.15) is 28.6 Å². The van der Waals surface area contributed by atoms with E-state index in [2.05, 4.69) is 5.32 Å². The van der Waals surface area contributed by atoms with E-state index in [1.165, 1.54) is 18.2 Å². The molecule has 5 nitrogen and oxygen atoms in total. The first-order valence-corrected chi connectivity index (χ1v) is 10.7. The molecule has 0 saturated carbocycles. The van der Waals surface area contributed by atoms with Gasteiger partial charge in [-0.1, -0.05) is 11.6 Å². The second-order valence-electron chi connectivity index (χ2n) is 7.75. The molecule has 0 saturated heterocycles. The van der Waals surface area contributed by atoms with Gasteiger partial charge in [0.25, 0.3) is 5.91 Å². The smallest absolute Gasteiger partial charge is 0.265 e. The first-order valence-electron chi connectivity index (χ1n) is 10.3. The van der Waals surface area contributed by atoms with Crippen molar-refractivity contribution in [1.29, 1.82) is 0 Å². The Labute approximate surface area is 205 Å². The van der Waals surface area contributed by atoms with Crippen LogP contribution in [0, 0.1) is 36.0 Å². The summed E-state index contributed by atoms with van der Waals surface area (Å²) < 4.78 is 78.1. The minimum absolute atomic E-state index is 0.0822. The Hall–Kier alpha value is -3.92. The summed E-state index contributed by atoms with van der Waals surface area (Å²) in [5, 5.41) is 3.39. The van der Waals surface area contributed by atoms with E-state index in [1.54, 1.807) is 31.2 Å². The van der Waals surface area contributed by atoms with Gasteiger partial charge in [-0.15, -0.1) is 0 Å². The van der Waals surface area contributed by atoms with Crippen LogP contribution in [-0.2, 0) is 4.79 Å². The maximum Gasteiger partial charge on any atom is 0.265 e. The topological polar surface area (TPSA) is 68.5 Å². The monoisotopic (exact) mass is 523 g/mol. The zero-order chi connectivity index (χ0) is 26.3. The van der Waals surface area contributed by atoms with Crippen molar-refractivity contribution in [3.63, 3.8) is 0 Å². The van der Waals surface area contributed by atoms with Crippen molar-refractivity contribution in [2.24, 2.45) is 0 Å². The minimum atomic E-state index is -2.34. The van der Waals surface area contributed by atoms with E-state index >= 15 is 0 Å². The standard InChI is InChI=1S/C25H15ClF5NO4/c1-10-15-9-14(7-8-16(15)36-23(10)22(33)12-3-5-13(26)6-4-12)32-25(34)11(2)35-24-20(30)18(28)17(27)19(29)21(24)31/h3-9,11H,1-2H3,(H,32,34). The molecule has 36 heavy (non-hydrogen) atoms. The average Bonchev–Trinajstić information content (AvgIpc) is 3.19. The van der Waals surface area contributed by atoms with Crippen LogP contribution in [0.2, 0.25) is 5.02 Å². The van der Waals surface area contributed by atoms with Crippen LogP contribution in [0.5, 0.6) is 5.75 Å². The molecule has 1 aromatic heterocycles. The molecule has 0 fully saturated rings. The van der Waals surface area contributed by atoms with Crippen molar-refractivity contribution in [2.45, 2.75) is 20.0 Å². The third kappa shape index (κ3) is 4.51. The van der Waals surface area contributed by atoms with Crippen molar-refractivity contribution in [3.8, 4) is 5.75 Å². The highest BCUT2D eigenvalue weighted by Gasteiger charge is 2.29. The van der Waals surface area contributed by atoms with Crippen molar-refractivity contribution in [1.82, 2.24) is 0 Å². The molecule has 1 N–H and O–H groups in total. The van der Waals surface area contributed by atoms with Crippen molar-refractivity contribution in [2.75, 3.05) is 5.32 Å². The molecule has 1 heterocycles. The number of ether oxygens (including phenoxy) is 1. The lowest BCUT2D eigenvalue weighted by atomic mass is 10.0. The highest BCUT2D eigenvalue weighted by molar-refractivity contribution is 6.30. The fraction of sp³-hybridized carbons (Fsp3) is 0.120. The van der Waals surface area contributed by atoms with Gasteiger partial charge in [-0.2, -0.15) is 8.78 Å². The Balaban J connectivity index is 1.55. The number of ketones is 1. The van der Waals surface area contributed by atoms with E-state index in [0.29, 0.717) is 27.1 Å².